The number of halogens is 1. The first-order chi connectivity index (χ1) is 7.66. The Balaban J connectivity index is 2.34. The maximum atomic E-state index is 10.9. The summed E-state index contributed by atoms with van der Waals surface area (Å²) in [6.07, 6.45) is 0. The van der Waals surface area contributed by atoms with E-state index >= 15 is 0 Å². The summed E-state index contributed by atoms with van der Waals surface area (Å²) < 4.78 is 1.05. The highest BCUT2D eigenvalue weighted by Crippen LogP contribution is 2.21. The van der Waals surface area contributed by atoms with Gasteiger partial charge in [0.25, 0.3) is 0 Å². The van der Waals surface area contributed by atoms with Crippen LogP contribution in [0.3, 0.4) is 0 Å². The second kappa shape index (κ2) is 4.49. The van der Waals surface area contributed by atoms with Crippen molar-refractivity contribution in [3.05, 3.63) is 58.6 Å². The Hall–Kier alpha value is -1.61. The van der Waals surface area contributed by atoms with Crippen molar-refractivity contribution in [2.45, 2.75) is 0 Å². The monoisotopic (exact) mass is 275 g/mol. The summed E-state index contributed by atoms with van der Waals surface area (Å²) in [5, 5.41) is 0. The molecule has 2 N–H and O–H groups in total. The molecule has 0 bridgehead atoms. The third-order valence-electron chi connectivity index (χ3n) is 2.35. The van der Waals surface area contributed by atoms with E-state index < -0.39 is 5.91 Å². The van der Waals surface area contributed by atoms with Crippen LogP contribution in [0, 0.1) is 0 Å². The van der Waals surface area contributed by atoms with Crippen LogP contribution in [-0.2, 0) is 0 Å². The van der Waals surface area contributed by atoms with Crippen molar-refractivity contribution in [3.8, 4) is 11.1 Å². The van der Waals surface area contributed by atoms with E-state index in [4.69, 9.17) is 5.73 Å². The van der Waals surface area contributed by atoms with E-state index in [-0.39, 0.29) is 0 Å². The molecule has 80 valence electrons. The molecule has 3 heteroatoms. The van der Waals surface area contributed by atoms with E-state index in [1.165, 1.54) is 0 Å². The maximum absolute atomic E-state index is 10.9. The van der Waals surface area contributed by atoms with Gasteiger partial charge in [-0.25, -0.2) is 0 Å². The second-order valence-electron chi connectivity index (χ2n) is 3.45. The van der Waals surface area contributed by atoms with Gasteiger partial charge in [-0.15, -0.1) is 0 Å². The standard InChI is InChI=1S/C13H10BrNO/c14-12-7-5-10(6-8-12)9-1-3-11(4-2-9)13(15)16/h1-8H,(H2,15,16). The second-order valence-corrected chi connectivity index (χ2v) is 4.36. The molecule has 2 nitrogen and oxygen atoms in total. The normalized spacial score (nSPS) is 10.1. The van der Waals surface area contributed by atoms with Crippen molar-refractivity contribution in [1.29, 1.82) is 0 Å². The van der Waals surface area contributed by atoms with E-state index in [1.807, 2.05) is 36.4 Å². The molecule has 16 heavy (non-hydrogen) atoms. The molecule has 1 amide bonds. The smallest absolute Gasteiger partial charge is 0.248 e. The van der Waals surface area contributed by atoms with Gasteiger partial charge in [0, 0.05) is 10.0 Å². The van der Waals surface area contributed by atoms with Crippen molar-refractivity contribution in [1.82, 2.24) is 0 Å². The molecule has 0 aliphatic carbocycles. The van der Waals surface area contributed by atoms with Gasteiger partial charge in [-0.3, -0.25) is 4.79 Å². The third kappa shape index (κ3) is 2.31. The number of carbonyl (C=O) groups is 1. The minimum atomic E-state index is -0.401. The van der Waals surface area contributed by atoms with Crippen molar-refractivity contribution in [3.63, 3.8) is 0 Å². The summed E-state index contributed by atoms with van der Waals surface area (Å²) >= 11 is 3.39. The van der Waals surface area contributed by atoms with E-state index in [2.05, 4.69) is 15.9 Å². The molecule has 0 spiro atoms. The topological polar surface area (TPSA) is 43.1 Å². The van der Waals surface area contributed by atoms with E-state index in [0.29, 0.717) is 5.56 Å². The van der Waals surface area contributed by atoms with Gasteiger partial charge >= 0.3 is 0 Å². The van der Waals surface area contributed by atoms with Crippen LogP contribution in [0.4, 0.5) is 0 Å². The van der Waals surface area contributed by atoms with Crippen LogP contribution < -0.4 is 5.73 Å². The molecule has 0 radical (unpaired) electrons. The Morgan fingerprint density at radius 1 is 0.875 bits per heavy atom. The Labute approximate surface area is 102 Å². The van der Waals surface area contributed by atoms with Gasteiger partial charge in [0.2, 0.25) is 5.91 Å². The Kier molecular flexibility index (Phi) is 3.06. The van der Waals surface area contributed by atoms with E-state index in [9.17, 15) is 4.79 Å². The predicted octanol–water partition coefficient (Wildman–Crippen LogP) is 3.22. The van der Waals surface area contributed by atoms with Gasteiger partial charge in [-0.05, 0) is 35.4 Å². The first kappa shape index (κ1) is 10.9. The minimum absolute atomic E-state index is 0.401. The zero-order valence-corrected chi connectivity index (χ0v) is 10.1. The average molecular weight is 276 g/mol. The minimum Gasteiger partial charge on any atom is -0.366 e. The van der Waals surface area contributed by atoms with Crippen LogP contribution in [-0.4, -0.2) is 5.91 Å². The summed E-state index contributed by atoms with van der Waals surface area (Å²) in [6.45, 7) is 0. The summed E-state index contributed by atoms with van der Waals surface area (Å²) in [5.74, 6) is -0.401. The fourth-order valence-corrected chi connectivity index (χ4v) is 1.73. The van der Waals surface area contributed by atoms with Gasteiger partial charge in [0.1, 0.15) is 0 Å². The average Bonchev–Trinajstić information content (AvgIpc) is 2.30. The number of carbonyl (C=O) groups excluding carboxylic acids is 1. The van der Waals surface area contributed by atoms with Gasteiger partial charge in [0.15, 0.2) is 0 Å². The molecule has 2 aromatic rings. The van der Waals surface area contributed by atoms with E-state index in [0.717, 1.165) is 15.6 Å². The van der Waals surface area contributed by atoms with Gasteiger partial charge in [-0.1, -0.05) is 40.2 Å². The molecular formula is C13H10BrNO. The Morgan fingerprint density at radius 3 is 1.75 bits per heavy atom. The molecule has 0 heterocycles. The maximum Gasteiger partial charge on any atom is 0.248 e. The van der Waals surface area contributed by atoms with Gasteiger partial charge in [0.05, 0.1) is 0 Å². The molecule has 0 aliphatic rings. The van der Waals surface area contributed by atoms with Crippen molar-refractivity contribution < 1.29 is 4.79 Å². The molecule has 0 saturated carbocycles. The quantitative estimate of drug-likeness (QED) is 0.899. The number of nitrogens with two attached hydrogens (primary N) is 1. The fraction of sp³-hybridized carbons (Fsp3) is 0. The predicted molar refractivity (Wildman–Crippen MR) is 68.1 cm³/mol. The summed E-state index contributed by atoms with van der Waals surface area (Å²) in [5.41, 5.74) is 7.88. The van der Waals surface area contributed by atoms with Crippen LogP contribution in [0.5, 0.6) is 0 Å². The number of benzene rings is 2. The van der Waals surface area contributed by atoms with Crippen molar-refractivity contribution >= 4 is 21.8 Å². The first-order valence-electron chi connectivity index (χ1n) is 4.82. The lowest BCUT2D eigenvalue weighted by Crippen LogP contribution is -2.10. The highest BCUT2D eigenvalue weighted by Gasteiger charge is 2.01. The summed E-state index contributed by atoms with van der Waals surface area (Å²) in [7, 11) is 0. The molecule has 0 fully saturated rings. The molecule has 0 aromatic heterocycles. The van der Waals surface area contributed by atoms with Gasteiger partial charge in [-0.2, -0.15) is 0 Å². The molecule has 2 aromatic carbocycles. The molecular weight excluding hydrogens is 266 g/mol. The lowest BCUT2D eigenvalue weighted by Gasteiger charge is -2.02. The zero-order chi connectivity index (χ0) is 11.5. The molecule has 0 atom stereocenters. The highest BCUT2D eigenvalue weighted by atomic mass is 79.9. The van der Waals surface area contributed by atoms with Crippen LogP contribution in [0.1, 0.15) is 10.4 Å². The third-order valence-corrected chi connectivity index (χ3v) is 2.88. The summed E-state index contributed by atoms with van der Waals surface area (Å²) in [4.78, 5) is 10.9. The van der Waals surface area contributed by atoms with Gasteiger partial charge < -0.3 is 5.73 Å². The summed E-state index contributed by atoms with van der Waals surface area (Å²) in [6, 6.07) is 15.3. The molecule has 0 unspecified atom stereocenters. The molecule has 2 rings (SSSR count). The van der Waals surface area contributed by atoms with Crippen LogP contribution >= 0.6 is 15.9 Å². The Bertz CT molecular complexity index is 502. The number of hydrogen-bond acceptors (Lipinski definition) is 1. The number of hydrogen-bond donors (Lipinski definition) is 1. The lowest BCUT2D eigenvalue weighted by atomic mass is 10.0. The van der Waals surface area contributed by atoms with Crippen LogP contribution in [0.15, 0.2) is 53.0 Å². The zero-order valence-electron chi connectivity index (χ0n) is 8.48. The number of primary amides is 1. The largest absolute Gasteiger partial charge is 0.366 e. The SMILES string of the molecule is NC(=O)c1ccc(-c2ccc(Br)cc2)cc1. The van der Waals surface area contributed by atoms with Crippen molar-refractivity contribution in [2.75, 3.05) is 0 Å². The Morgan fingerprint density at radius 2 is 1.31 bits per heavy atom. The number of rotatable bonds is 2. The lowest BCUT2D eigenvalue weighted by molar-refractivity contribution is 0.100. The first-order valence-corrected chi connectivity index (χ1v) is 5.62. The highest BCUT2D eigenvalue weighted by molar-refractivity contribution is 9.10. The van der Waals surface area contributed by atoms with Crippen LogP contribution in [0.2, 0.25) is 0 Å². The van der Waals surface area contributed by atoms with Crippen molar-refractivity contribution in [2.24, 2.45) is 5.73 Å². The van der Waals surface area contributed by atoms with Crippen LogP contribution in [0.25, 0.3) is 11.1 Å². The molecule has 0 aliphatic heterocycles. The van der Waals surface area contributed by atoms with E-state index in [1.54, 1.807) is 12.1 Å². The number of amides is 1. The molecule has 0 saturated heterocycles. The fourth-order valence-electron chi connectivity index (χ4n) is 1.47.